The van der Waals surface area contributed by atoms with E-state index in [1.54, 1.807) is 0 Å². The summed E-state index contributed by atoms with van der Waals surface area (Å²) in [5.41, 5.74) is 10.3. The molecule has 4 heteroatoms. The zero-order chi connectivity index (χ0) is 25.7. The summed E-state index contributed by atoms with van der Waals surface area (Å²) in [4.78, 5) is 2.59. The van der Waals surface area contributed by atoms with Gasteiger partial charge in [0.2, 0.25) is 0 Å². The van der Waals surface area contributed by atoms with Crippen LogP contribution >= 0.6 is 0 Å². The summed E-state index contributed by atoms with van der Waals surface area (Å²) < 4.78 is 14.7. The quantitative estimate of drug-likeness (QED) is 0.171. The molecule has 3 aromatic heterocycles. The van der Waals surface area contributed by atoms with Gasteiger partial charge in [0.25, 0.3) is 0 Å². The van der Waals surface area contributed by atoms with E-state index in [9.17, 15) is 0 Å². The monoisotopic (exact) mass is 506 g/mol. The SMILES string of the molecule is CCc1c(-c2ccc(OCc3ccccc3)cc2)c2cc(COCCCN3CCCCC3)c3cccc1n32. The van der Waals surface area contributed by atoms with Gasteiger partial charge < -0.3 is 18.8 Å². The Balaban J connectivity index is 1.19. The van der Waals surface area contributed by atoms with Gasteiger partial charge in [0, 0.05) is 24.3 Å². The number of benzene rings is 2. The van der Waals surface area contributed by atoms with Crippen LogP contribution in [0.3, 0.4) is 0 Å². The van der Waals surface area contributed by atoms with Crippen molar-refractivity contribution in [2.45, 2.75) is 52.2 Å². The second kappa shape index (κ2) is 11.6. The Kier molecular flexibility index (Phi) is 7.61. The molecule has 2 aromatic carbocycles. The lowest BCUT2D eigenvalue weighted by molar-refractivity contribution is 0.106. The van der Waals surface area contributed by atoms with Gasteiger partial charge in [-0.05, 0) is 85.8 Å². The molecule has 0 bridgehead atoms. The second-order valence-corrected chi connectivity index (χ2v) is 10.5. The van der Waals surface area contributed by atoms with Gasteiger partial charge in [0.15, 0.2) is 0 Å². The minimum absolute atomic E-state index is 0.579. The predicted octanol–water partition coefficient (Wildman–Crippen LogP) is 7.73. The molecular weight excluding hydrogens is 468 g/mol. The number of hydrogen-bond acceptors (Lipinski definition) is 3. The van der Waals surface area contributed by atoms with Gasteiger partial charge in [-0.2, -0.15) is 0 Å². The summed E-state index contributed by atoms with van der Waals surface area (Å²) in [7, 11) is 0. The van der Waals surface area contributed by atoms with Crippen LogP contribution < -0.4 is 4.74 Å². The van der Waals surface area contributed by atoms with Crippen molar-refractivity contribution in [1.82, 2.24) is 9.30 Å². The largest absolute Gasteiger partial charge is 0.489 e. The third kappa shape index (κ3) is 5.16. The smallest absolute Gasteiger partial charge is 0.119 e. The van der Waals surface area contributed by atoms with E-state index in [-0.39, 0.29) is 0 Å². The lowest BCUT2D eigenvalue weighted by atomic mass is 9.99. The third-order valence-electron chi connectivity index (χ3n) is 7.95. The molecule has 4 heterocycles. The van der Waals surface area contributed by atoms with E-state index in [1.165, 1.54) is 76.7 Å². The van der Waals surface area contributed by atoms with Crippen LogP contribution in [0, 0.1) is 0 Å². The van der Waals surface area contributed by atoms with Gasteiger partial charge in [-0.15, -0.1) is 0 Å². The molecule has 38 heavy (non-hydrogen) atoms. The van der Waals surface area contributed by atoms with Crippen LogP contribution in [0.4, 0.5) is 0 Å². The van der Waals surface area contributed by atoms with Gasteiger partial charge >= 0.3 is 0 Å². The van der Waals surface area contributed by atoms with Crippen molar-refractivity contribution in [2.24, 2.45) is 0 Å². The Morgan fingerprint density at radius 1 is 0.763 bits per heavy atom. The summed E-state index contributed by atoms with van der Waals surface area (Å²) in [5, 5.41) is 0. The van der Waals surface area contributed by atoms with Crippen molar-refractivity contribution < 1.29 is 9.47 Å². The maximum atomic E-state index is 6.20. The van der Waals surface area contributed by atoms with Crippen LogP contribution in [0.5, 0.6) is 5.75 Å². The topological polar surface area (TPSA) is 26.1 Å². The number of aryl methyl sites for hydroxylation is 1. The van der Waals surface area contributed by atoms with Crippen LogP contribution in [-0.4, -0.2) is 35.5 Å². The number of nitrogens with zero attached hydrogens (tertiary/aromatic N) is 2. The normalized spacial score (nSPS) is 14.6. The molecule has 1 aliphatic rings. The van der Waals surface area contributed by atoms with Crippen LogP contribution in [0.1, 0.15) is 49.3 Å². The number of rotatable bonds is 11. The maximum absolute atomic E-state index is 6.20. The molecular formula is C34H38N2O2. The van der Waals surface area contributed by atoms with E-state index in [1.807, 2.05) is 18.2 Å². The molecule has 5 aromatic rings. The minimum Gasteiger partial charge on any atom is -0.489 e. The number of hydrogen-bond donors (Lipinski definition) is 0. The Morgan fingerprint density at radius 2 is 1.55 bits per heavy atom. The van der Waals surface area contributed by atoms with E-state index in [0.717, 1.165) is 31.7 Å². The number of aromatic nitrogens is 1. The van der Waals surface area contributed by atoms with Crippen LogP contribution in [-0.2, 0) is 24.4 Å². The Morgan fingerprint density at radius 3 is 2.34 bits per heavy atom. The first-order chi connectivity index (χ1) is 18.8. The van der Waals surface area contributed by atoms with E-state index >= 15 is 0 Å². The molecule has 1 aliphatic heterocycles. The van der Waals surface area contributed by atoms with Crippen molar-refractivity contribution in [2.75, 3.05) is 26.2 Å². The summed E-state index contributed by atoms with van der Waals surface area (Å²) >= 11 is 0. The molecule has 1 saturated heterocycles. The average molecular weight is 507 g/mol. The lowest BCUT2D eigenvalue weighted by Crippen LogP contribution is -2.31. The van der Waals surface area contributed by atoms with Crippen LogP contribution in [0.15, 0.2) is 78.9 Å². The summed E-state index contributed by atoms with van der Waals surface area (Å²) in [6, 6.07) is 27.9. The second-order valence-electron chi connectivity index (χ2n) is 10.5. The van der Waals surface area contributed by atoms with E-state index in [2.05, 4.69) is 76.9 Å². The molecule has 0 unspecified atom stereocenters. The van der Waals surface area contributed by atoms with Crippen LogP contribution in [0.25, 0.3) is 27.7 Å². The Bertz CT molecular complexity index is 1450. The standard InChI is InChI=1S/C34H38N2O2/c1-2-30-32-14-9-13-31-28(25-37-22-10-21-35-19-7-4-8-20-35)23-33(36(31)32)34(30)27-15-17-29(18-16-27)38-24-26-11-5-3-6-12-26/h3,5-6,9,11-18,23H,2,4,7-8,10,19-22,24-25H2,1H3. The first-order valence-electron chi connectivity index (χ1n) is 14.3. The van der Waals surface area contributed by atoms with Crippen molar-refractivity contribution in [1.29, 1.82) is 0 Å². The van der Waals surface area contributed by atoms with E-state index in [0.29, 0.717) is 13.2 Å². The van der Waals surface area contributed by atoms with Crippen molar-refractivity contribution in [3.63, 3.8) is 0 Å². The highest BCUT2D eigenvalue weighted by molar-refractivity contribution is 5.96. The number of pyridine rings is 1. The molecule has 0 radical (unpaired) electrons. The highest BCUT2D eigenvalue weighted by Crippen LogP contribution is 2.39. The zero-order valence-electron chi connectivity index (χ0n) is 22.5. The van der Waals surface area contributed by atoms with Crippen molar-refractivity contribution in [3.05, 3.63) is 95.6 Å². The van der Waals surface area contributed by atoms with Crippen molar-refractivity contribution >= 4 is 16.6 Å². The fourth-order valence-corrected chi connectivity index (χ4v) is 6.03. The average Bonchev–Trinajstić information content (AvgIpc) is 3.50. The van der Waals surface area contributed by atoms with Gasteiger partial charge in [-0.3, -0.25) is 0 Å². The Hall–Kier alpha value is -3.34. The fraction of sp³-hybridized carbons (Fsp3) is 0.353. The third-order valence-corrected chi connectivity index (χ3v) is 7.95. The molecule has 0 aliphatic carbocycles. The Labute approximate surface area is 226 Å². The fourth-order valence-electron chi connectivity index (χ4n) is 6.03. The number of ether oxygens (including phenoxy) is 2. The molecule has 0 amide bonds. The molecule has 4 nitrogen and oxygen atoms in total. The molecule has 6 rings (SSSR count). The van der Waals surface area contributed by atoms with E-state index in [4.69, 9.17) is 9.47 Å². The molecule has 0 atom stereocenters. The molecule has 196 valence electrons. The summed E-state index contributed by atoms with van der Waals surface area (Å²) in [6.07, 6.45) is 6.18. The highest BCUT2D eigenvalue weighted by Gasteiger charge is 2.20. The van der Waals surface area contributed by atoms with Gasteiger partial charge in [-0.25, -0.2) is 0 Å². The first-order valence-corrected chi connectivity index (χ1v) is 14.3. The summed E-state index contributed by atoms with van der Waals surface area (Å²) in [5.74, 6) is 0.894. The van der Waals surface area contributed by atoms with Crippen LogP contribution in [0.2, 0.25) is 0 Å². The zero-order valence-corrected chi connectivity index (χ0v) is 22.5. The highest BCUT2D eigenvalue weighted by atomic mass is 16.5. The maximum Gasteiger partial charge on any atom is 0.119 e. The lowest BCUT2D eigenvalue weighted by Gasteiger charge is -2.26. The molecule has 0 saturated carbocycles. The minimum atomic E-state index is 0.579. The number of likely N-dealkylation sites (tertiary alicyclic amines) is 1. The summed E-state index contributed by atoms with van der Waals surface area (Å²) in [6.45, 7) is 7.98. The van der Waals surface area contributed by atoms with Gasteiger partial charge in [0.1, 0.15) is 12.4 Å². The molecule has 0 N–H and O–H groups in total. The van der Waals surface area contributed by atoms with E-state index < -0.39 is 0 Å². The first kappa shape index (κ1) is 25.0. The molecule has 0 spiro atoms. The molecule has 1 fully saturated rings. The van der Waals surface area contributed by atoms with Crippen molar-refractivity contribution in [3.8, 4) is 16.9 Å². The predicted molar refractivity (Wildman–Crippen MR) is 156 cm³/mol. The van der Waals surface area contributed by atoms with Gasteiger partial charge in [0.05, 0.1) is 23.2 Å². The van der Waals surface area contributed by atoms with Gasteiger partial charge in [-0.1, -0.05) is 61.9 Å². The number of piperidine rings is 1.